The fourth-order valence-electron chi connectivity index (χ4n) is 3.88. The lowest BCUT2D eigenvalue weighted by atomic mass is 9.88. The first-order chi connectivity index (χ1) is 12.1. The molecular weight excluding hydrogens is 359 g/mol. The molecule has 0 radical (unpaired) electrons. The van der Waals surface area contributed by atoms with E-state index in [4.69, 9.17) is 4.43 Å². The van der Waals surface area contributed by atoms with Crippen molar-refractivity contribution in [1.82, 2.24) is 4.90 Å². The van der Waals surface area contributed by atoms with Gasteiger partial charge in [-0.25, -0.2) is 0 Å². The van der Waals surface area contributed by atoms with Gasteiger partial charge in [-0.05, 0) is 56.5 Å². The number of alkyl halides is 3. The lowest BCUT2D eigenvalue weighted by Gasteiger charge is -2.45. The van der Waals surface area contributed by atoms with E-state index in [1.807, 2.05) is 0 Å². The minimum Gasteiger partial charge on any atom is -0.385 e. The standard InChI is InChI=1S/C19H24F3NO2Si/c1-26(2,3)25-18(19(20,21)22)16-12-8-7-11-15(16)17(24)23(18)13-14-9-5-4-6-10-14/h4-6,9-10H,7-8,11-13H2,1-3H3. The number of rotatable bonds is 4. The first kappa shape index (κ1) is 19.2. The first-order valence-electron chi connectivity index (χ1n) is 8.91. The Bertz CT molecular complexity index is 725. The van der Waals surface area contributed by atoms with Gasteiger partial charge in [0.25, 0.3) is 11.6 Å². The quantitative estimate of drug-likeness (QED) is 0.684. The van der Waals surface area contributed by atoms with Crippen molar-refractivity contribution in [2.24, 2.45) is 0 Å². The minimum absolute atomic E-state index is 0.114. The molecule has 1 unspecified atom stereocenters. The van der Waals surface area contributed by atoms with Gasteiger partial charge < -0.3 is 4.43 Å². The summed E-state index contributed by atoms with van der Waals surface area (Å²) in [7, 11) is -2.62. The zero-order valence-electron chi connectivity index (χ0n) is 15.3. The summed E-state index contributed by atoms with van der Waals surface area (Å²) in [5.74, 6) is -0.529. The van der Waals surface area contributed by atoms with Gasteiger partial charge >= 0.3 is 6.18 Å². The van der Waals surface area contributed by atoms with Gasteiger partial charge in [-0.2, -0.15) is 13.2 Å². The average molecular weight is 383 g/mol. The van der Waals surface area contributed by atoms with Crippen LogP contribution < -0.4 is 0 Å². The minimum atomic E-state index is -4.69. The van der Waals surface area contributed by atoms with E-state index < -0.39 is 26.1 Å². The maximum atomic E-state index is 14.5. The molecule has 0 fully saturated rings. The Balaban J connectivity index is 2.15. The van der Waals surface area contributed by atoms with Crippen LogP contribution in [0.2, 0.25) is 19.6 Å². The molecule has 0 saturated carbocycles. The zero-order valence-corrected chi connectivity index (χ0v) is 16.3. The van der Waals surface area contributed by atoms with E-state index in [0.717, 1.165) is 11.3 Å². The van der Waals surface area contributed by atoms with Crippen molar-refractivity contribution in [1.29, 1.82) is 0 Å². The normalized spacial score (nSPS) is 24.2. The van der Waals surface area contributed by atoms with Gasteiger partial charge in [0.2, 0.25) is 0 Å². The van der Waals surface area contributed by atoms with Crippen LogP contribution in [0.4, 0.5) is 13.2 Å². The molecule has 1 atom stereocenters. The maximum Gasteiger partial charge on any atom is 0.440 e. The van der Waals surface area contributed by atoms with Gasteiger partial charge in [-0.1, -0.05) is 30.3 Å². The third-order valence-corrected chi connectivity index (χ3v) is 5.69. The second-order valence-electron chi connectivity index (χ2n) is 7.90. The number of benzene rings is 1. The highest BCUT2D eigenvalue weighted by atomic mass is 28.4. The summed E-state index contributed by atoms with van der Waals surface area (Å²) >= 11 is 0. The number of hydrogen-bond donors (Lipinski definition) is 0. The van der Waals surface area contributed by atoms with Gasteiger partial charge in [0, 0.05) is 12.1 Å². The number of hydrogen-bond acceptors (Lipinski definition) is 2. The molecule has 0 aromatic heterocycles. The third kappa shape index (κ3) is 3.22. The summed E-state index contributed by atoms with van der Waals surface area (Å²) in [5, 5.41) is 0. The van der Waals surface area contributed by atoms with Crippen LogP contribution in [-0.2, 0) is 15.8 Å². The predicted octanol–water partition coefficient (Wildman–Crippen LogP) is 5.01. The van der Waals surface area contributed by atoms with Gasteiger partial charge in [0.15, 0.2) is 8.32 Å². The van der Waals surface area contributed by atoms with Crippen molar-refractivity contribution in [2.45, 2.75) is 63.8 Å². The Kier molecular flexibility index (Phi) is 4.81. The molecule has 1 heterocycles. The Morgan fingerprint density at radius 3 is 2.31 bits per heavy atom. The first-order valence-corrected chi connectivity index (χ1v) is 12.3. The third-order valence-electron chi connectivity index (χ3n) is 4.78. The molecule has 1 aliphatic carbocycles. The van der Waals surface area contributed by atoms with Crippen molar-refractivity contribution in [3.63, 3.8) is 0 Å². The monoisotopic (exact) mass is 383 g/mol. The molecule has 1 amide bonds. The summed E-state index contributed by atoms with van der Waals surface area (Å²) in [4.78, 5) is 13.9. The Morgan fingerprint density at radius 1 is 1.12 bits per heavy atom. The Morgan fingerprint density at radius 2 is 1.73 bits per heavy atom. The smallest absolute Gasteiger partial charge is 0.385 e. The van der Waals surface area contributed by atoms with Crippen LogP contribution in [0.3, 0.4) is 0 Å². The van der Waals surface area contributed by atoms with Gasteiger partial charge in [0.05, 0.1) is 0 Å². The van der Waals surface area contributed by atoms with Crippen LogP contribution in [0, 0.1) is 0 Å². The van der Waals surface area contributed by atoms with Gasteiger partial charge in [-0.3, -0.25) is 9.69 Å². The summed E-state index contributed by atoms with van der Waals surface area (Å²) in [6.45, 7) is 5.07. The molecular formula is C19H24F3NO2Si. The Labute approximate surface area is 153 Å². The van der Waals surface area contributed by atoms with E-state index in [2.05, 4.69) is 0 Å². The van der Waals surface area contributed by atoms with Gasteiger partial charge in [-0.15, -0.1) is 0 Å². The van der Waals surface area contributed by atoms with Crippen molar-refractivity contribution < 1.29 is 22.4 Å². The highest BCUT2D eigenvalue weighted by Gasteiger charge is 2.68. The average Bonchev–Trinajstić information content (AvgIpc) is 2.78. The number of halogens is 3. The number of carbonyl (C=O) groups is 1. The fraction of sp³-hybridized carbons (Fsp3) is 0.526. The van der Waals surface area contributed by atoms with Crippen LogP contribution >= 0.6 is 0 Å². The van der Waals surface area contributed by atoms with Crippen molar-refractivity contribution in [3.8, 4) is 0 Å². The lowest BCUT2D eigenvalue weighted by molar-refractivity contribution is -0.282. The number of carbonyl (C=O) groups excluding carboxylic acids is 1. The van der Waals surface area contributed by atoms with E-state index in [-0.39, 0.29) is 18.5 Å². The molecule has 1 aliphatic heterocycles. The highest BCUT2D eigenvalue weighted by molar-refractivity contribution is 6.69. The van der Waals surface area contributed by atoms with E-state index in [1.54, 1.807) is 50.0 Å². The second kappa shape index (κ2) is 6.53. The molecule has 0 N–H and O–H groups in total. The maximum absolute atomic E-state index is 14.5. The summed E-state index contributed by atoms with van der Waals surface area (Å²) in [5.41, 5.74) is -1.52. The molecule has 142 valence electrons. The Hall–Kier alpha value is -1.60. The van der Waals surface area contributed by atoms with Crippen LogP contribution in [0.1, 0.15) is 31.2 Å². The molecule has 2 aliphatic rings. The van der Waals surface area contributed by atoms with Crippen molar-refractivity contribution in [3.05, 3.63) is 47.0 Å². The van der Waals surface area contributed by atoms with Crippen LogP contribution in [0.25, 0.3) is 0 Å². The molecule has 0 saturated heterocycles. The van der Waals surface area contributed by atoms with Gasteiger partial charge in [0.1, 0.15) is 0 Å². The molecule has 3 nitrogen and oxygen atoms in total. The fourth-order valence-corrected chi connectivity index (χ4v) is 5.11. The van der Waals surface area contributed by atoms with E-state index in [0.29, 0.717) is 24.0 Å². The van der Waals surface area contributed by atoms with Crippen LogP contribution in [-0.4, -0.2) is 31.0 Å². The van der Waals surface area contributed by atoms with E-state index >= 15 is 0 Å². The predicted molar refractivity (Wildman–Crippen MR) is 95.7 cm³/mol. The van der Waals surface area contributed by atoms with Crippen LogP contribution in [0.15, 0.2) is 41.5 Å². The zero-order chi connectivity index (χ0) is 19.2. The molecule has 0 bridgehead atoms. The van der Waals surface area contributed by atoms with E-state index in [1.165, 1.54) is 0 Å². The van der Waals surface area contributed by atoms with Crippen molar-refractivity contribution >= 4 is 14.2 Å². The lowest BCUT2D eigenvalue weighted by Crippen LogP contribution is -2.63. The van der Waals surface area contributed by atoms with Crippen LogP contribution in [0.5, 0.6) is 0 Å². The highest BCUT2D eigenvalue weighted by Crippen LogP contribution is 2.53. The molecule has 1 aromatic carbocycles. The number of amides is 1. The van der Waals surface area contributed by atoms with E-state index in [9.17, 15) is 18.0 Å². The molecule has 0 spiro atoms. The SMILES string of the molecule is C[Si](C)(C)OC1(C(F)(F)F)C2=C(CCCC2)C(=O)N1Cc1ccccc1. The molecule has 26 heavy (non-hydrogen) atoms. The largest absolute Gasteiger partial charge is 0.440 e. The summed E-state index contributed by atoms with van der Waals surface area (Å²) in [6, 6.07) is 8.80. The second-order valence-corrected chi connectivity index (χ2v) is 12.3. The molecule has 3 rings (SSSR count). The molecule has 7 heteroatoms. The van der Waals surface area contributed by atoms with Crippen molar-refractivity contribution in [2.75, 3.05) is 0 Å². The number of nitrogens with zero attached hydrogens (tertiary/aromatic N) is 1. The summed E-state index contributed by atoms with van der Waals surface area (Å²) < 4.78 is 49.4. The molecule has 1 aromatic rings. The summed E-state index contributed by atoms with van der Waals surface area (Å²) in [6.07, 6.45) is -2.64. The topological polar surface area (TPSA) is 29.5 Å².